The van der Waals surface area contributed by atoms with E-state index in [0.29, 0.717) is 23.5 Å². The van der Waals surface area contributed by atoms with Crippen LogP contribution in [-0.4, -0.2) is 37.2 Å². The summed E-state index contributed by atoms with van der Waals surface area (Å²) in [5.41, 5.74) is 0.305. The van der Waals surface area contributed by atoms with Gasteiger partial charge in [-0.15, -0.1) is 0 Å². The van der Waals surface area contributed by atoms with Crippen LogP contribution in [0.15, 0.2) is 18.2 Å². The van der Waals surface area contributed by atoms with E-state index < -0.39 is 5.97 Å². The lowest BCUT2D eigenvalue weighted by atomic mass is 10.1. The van der Waals surface area contributed by atoms with Crippen LogP contribution in [0.5, 0.6) is 11.5 Å². The van der Waals surface area contributed by atoms with Gasteiger partial charge >= 0.3 is 5.97 Å². The molecule has 0 aliphatic carbocycles. The average molecular weight is 281 g/mol. The number of carboxylic acids is 1. The number of amides is 1. The maximum Gasteiger partial charge on any atom is 0.303 e. The fraction of sp³-hybridized carbons (Fsp3) is 0.429. The van der Waals surface area contributed by atoms with Crippen molar-refractivity contribution < 1.29 is 24.2 Å². The van der Waals surface area contributed by atoms with Gasteiger partial charge in [-0.05, 0) is 25.5 Å². The Morgan fingerprint density at radius 3 is 2.25 bits per heavy atom. The molecule has 1 aromatic rings. The lowest BCUT2D eigenvalue weighted by Crippen LogP contribution is -2.33. The first-order chi connectivity index (χ1) is 9.49. The highest BCUT2D eigenvalue weighted by atomic mass is 16.5. The van der Waals surface area contributed by atoms with E-state index in [-0.39, 0.29) is 18.4 Å². The highest BCUT2D eigenvalue weighted by Gasteiger charge is 2.19. The largest absolute Gasteiger partial charge is 0.496 e. The van der Waals surface area contributed by atoms with E-state index in [1.54, 1.807) is 25.1 Å². The van der Waals surface area contributed by atoms with E-state index in [1.807, 2.05) is 0 Å². The van der Waals surface area contributed by atoms with Gasteiger partial charge in [0.15, 0.2) is 0 Å². The molecule has 0 saturated heterocycles. The van der Waals surface area contributed by atoms with Crippen LogP contribution < -0.4 is 14.8 Å². The molecule has 0 bridgehead atoms. The first-order valence-electron chi connectivity index (χ1n) is 6.23. The number of benzene rings is 1. The molecule has 1 unspecified atom stereocenters. The third-order valence-electron chi connectivity index (χ3n) is 2.82. The zero-order valence-electron chi connectivity index (χ0n) is 11.8. The number of carbonyl (C=O) groups is 2. The van der Waals surface area contributed by atoms with Crippen molar-refractivity contribution in [1.29, 1.82) is 0 Å². The van der Waals surface area contributed by atoms with E-state index in [9.17, 15) is 9.59 Å². The van der Waals surface area contributed by atoms with Crippen LogP contribution in [0.1, 0.15) is 30.1 Å². The fourth-order valence-electron chi connectivity index (χ4n) is 1.78. The fourth-order valence-corrected chi connectivity index (χ4v) is 1.78. The summed E-state index contributed by atoms with van der Waals surface area (Å²) in [7, 11) is 2.94. The molecule has 20 heavy (non-hydrogen) atoms. The topological polar surface area (TPSA) is 84.9 Å². The van der Waals surface area contributed by atoms with Crippen molar-refractivity contribution in [3.05, 3.63) is 23.8 Å². The summed E-state index contributed by atoms with van der Waals surface area (Å²) in [4.78, 5) is 22.7. The molecule has 6 nitrogen and oxygen atoms in total. The average Bonchev–Trinajstić information content (AvgIpc) is 2.43. The van der Waals surface area contributed by atoms with Crippen LogP contribution in [0.3, 0.4) is 0 Å². The van der Waals surface area contributed by atoms with E-state index in [1.165, 1.54) is 14.2 Å². The molecule has 0 aliphatic heterocycles. The van der Waals surface area contributed by atoms with Crippen molar-refractivity contribution in [3.63, 3.8) is 0 Å². The summed E-state index contributed by atoms with van der Waals surface area (Å²) in [6.07, 6.45) is 0.364. The first-order valence-corrected chi connectivity index (χ1v) is 6.23. The predicted molar refractivity (Wildman–Crippen MR) is 73.3 cm³/mol. The van der Waals surface area contributed by atoms with Crippen molar-refractivity contribution in [2.75, 3.05) is 14.2 Å². The van der Waals surface area contributed by atoms with Gasteiger partial charge in [-0.25, -0.2) is 0 Å². The Bertz CT molecular complexity index is 464. The van der Waals surface area contributed by atoms with Crippen LogP contribution in [0.4, 0.5) is 0 Å². The Labute approximate surface area is 117 Å². The summed E-state index contributed by atoms with van der Waals surface area (Å²) in [6.45, 7) is 1.75. The van der Waals surface area contributed by atoms with Crippen LogP contribution in [0.25, 0.3) is 0 Å². The lowest BCUT2D eigenvalue weighted by molar-refractivity contribution is -0.137. The number of aliphatic carboxylic acids is 1. The predicted octanol–water partition coefficient (Wildman–Crippen LogP) is 1.69. The molecule has 1 amide bonds. The molecular formula is C14H19NO5. The quantitative estimate of drug-likeness (QED) is 0.794. The van der Waals surface area contributed by atoms with Gasteiger partial charge in [-0.1, -0.05) is 6.07 Å². The monoisotopic (exact) mass is 281 g/mol. The Balaban J connectivity index is 2.83. The molecule has 1 atom stereocenters. The van der Waals surface area contributed by atoms with E-state index in [0.717, 1.165) is 0 Å². The molecule has 0 saturated carbocycles. The third-order valence-corrected chi connectivity index (χ3v) is 2.82. The molecule has 6 heteroatoms. The van der Waals surface area contributed by atoms with Gasteiger partial charge in [0, 0.05) is 12.5 Å². The Hall–Kier alpha value is -2.24. The van der Waals surface area contributed by atoms with Gasteiger partial charge in [0.05, 0.1) is 14.2 Å². The summed E-state index contributed by atoms with van der Waals surface area (Å²) in [5, 5.41) is 11.4. The van der Waals surface area contributed by atoms with Gasteiger partial charge in [0.1, 0.15) is 17.1 Å². The number of ether oxygens (including phenoxy) is 2. The maximum absolute atomic E-state index is 12.2. The van der Waals surface area contributed by atoms with Crippen molar-refractivity contribution >= 4 is 11.9 Å². The second-order valence-electron chi connectivity index (χ2n) is 4.34. The van der Waals surface area contributed by atoms with Gasteiger partial charge in [-0.3, -0.25) is 9.59 Å². The third kappa shape index (κ3) is 4.15. The zero-order valence-corrected chi connectivity index (χ0v) is 11.8. The summed E-state index contributed by atoms with van der Waals surface area (Å²) < 4.78 is 10.3. The second-order valence-corrected chi connectivity index (χ2v) is 4.34. The molecule has 1 rings (SSSR count). The van der Waals surface area contributed by atoms with Gasteiger partial charge in [0.2, 0.25) is 0 Å². The van der Waals surface area contributed by atoms with E-state index in [4.69, 9.17) is 14.6 Å². The number of nitrogens with one attached hydrogen (secondary N) is 1. The van der Waals surface area contributed by atoms with E-state index >= 15 is 0 Å². The van der Waals surface area contributed by atoms with Crippen molar-refractivity contribution in [3.8, 4) is 11.5 Å². The Morgan fingerprint density at radius 1 is 1.25 bits per heavy atom. The Kier molecular flexibility index (Phi) is 5.83. The molecular weight excluding hydrogens is 262 g/mol. The summed E-state index contributed by atoms with van der Waals surface area (Å²) in [5.74, 6) is -0.419. The van der Waals surface area contributed by atoms with Crippen molar-refractivity contribution in [1.82, 2.24) is 5.32 Å². The van der Waals surface area contributed by atoms with Crippen LogP contribution >= 0.6 is 0 Å². The Morgan fingerprint density at radius 2 is 1.80 bits per heavy atom. The minimum Gasteiger partial charge on any atom is -0.496 e. The van der Waals surface area contributed by atoms with Crippen LogP contribution in [0, 0.1) is 0 Å². The number of hydrogen-bond acceptors (Lipinski definition) is 4. The van der Waals surface area contributed by atoms with Crippen molar-refractivity contribution in [2.45, 2.75) is 25.8 Å². The number of carboxylic acid groups (broad SMARTS) is 1. The normalized spacial score (nSPS) is 11.6. The van der Waals surface area contributed by atoms with E-state index in [2.05, 4.69) is 5.32 Å². The molecule has 0 spiro atoms. The first kappa shape index (κ1) is 15.8. The number of methoxy groups -OCH3 is 2. The molecule has 0 radical (unpaired) electrons. The molecule has 0 heterocycles. The molecule has 0 aliphatic rings. The maximum atomic E-state index is 12.2. The zero-order chi connectivity index (χ0) is 15.1. The number of hydrogen-bond donors (Lipinski definition) is 2. The van der Waals surface area contributed by atoms with Crippen LogP contribution in [-0.2, 0) is 4.79 Å². The highest BCUT2D eigenvalue weighted by molar-refractivity contribution is 5.99. The van der Waals surface area contributed by atoms with Gasteiger partial charge < -0.3 is 19.9 Å². The van der Waals surface area contributed by atoms with Crippen molar-refractivity contribution in [2.24, 2.45) is 0 Å². The van der Waals surface area contributed by atoms with Crippen LogP contribution in [0.2, 0.25) is 0 Å². The second kappa shape index (κ2) is 7.37. The summed E-state index contributed by atoms with van der Waals surface area (Å²) in [6, 6.07) is 4.80. The SMILES string of the molecule is COc1cccc(OC)c1C(=O)NC(C)CCC(=O)O. The molecule has 0 aromatic heterocycles. The molecule has 1 aromatic carbocycles. The van der Waals surface area contributed by atoms with Gasteiger partial charge in [0.25, 0.3) is 5.91 Å². The molecule has 110 valence electrons. The van der Waals surface area contributed by atoms with Gasteiger partial charge in [-0.2, -0.15) is 0 Å². The lowest BCUT2D eigenvalue weighted by Gasteiger charge is -2.16. The highest BCUT2D eigenvalue weighted by Crippen LogP contribution is 2.28. The smallest absolute Gasteiger partial charge is 0.303 e. The molecule has 0 fully saturated rings. The molecule has 2 N–H and O–H groups in total. The summed E-state index contributed by atoms with van der Waals surface area (Å²) >= 11 is 0. The number of carbonyl (C=O) groups excluding carboxylic acids is 1. The number of rotatable bonds is 7. The standard InChI is InChI=1S/C14H19NO5/c1-9(7-8-12(16)17)15-14(18)13-10(19-2)5-4-6-11(13)20-3/h4-6,9H,7-8H2,1-3H3,(H,15,18)(H,16,17). The minimum atomic E-state index is -0.888. The minimum absolute atomic E-state index is 0.00447.